The van der Waals surface area contributed by atoms with Crippen LogP contribution in [-0.4, -0.2) is 0 Å². The summed E-state index contributed by atoms with van der Waals surface area (Å²) in [6.07, 6.45) is 3.75. The molecule has 1 aromatic carbocycles. The molecule has 1 unspecified atom stereocenters. The Kier molecular flexibility index (Phi) is 8.08. The normalized spacial score (nSPS) is 11.5. The number of rotatable bonds is 3. The lowest BCUT2D eigenvalue weighted by atomic mass is 9.96. The highest BCUT2D eigenvalue weighted by atomic mass is 14.1. The van der Waals surface area contributed by atoms with E-state index in [-0.39, 0.29) is 0 Å². The molecular formula is C15H26. The van der Waals surface area contributed by atoms with Crippen molar-refractivity contribution in [3.63, 3.8) is 0 Å². The molecule has 0 aliphatic carbocycles. The van der Waals surface area contributed by atoms with Gasteiger partial charge in [-0.2, -0.15) is 0 Å². The van der Waals surface area contributed by atoms with Crippen molar-refractivity contribution in [3.05, 3.63) is 35.4 Å². The summed E-state index contributed by atoms with van der Waals surface area (Å²) in [5.74, 6) is 0.811. The van der Waals surface area contributed by atoms with Gasteiger partial charge in [-0.05, 0) is 30.4 Å². The zero-order valence-corrected chi connectivity index (χ0v) is 11.0. The molecule has 0 aromatic heterocycles. The van der Waals surface area contributed by atoms with Gasteiger partial charge in [-0.3, -0.25) is 0 Å². The van der Waals surface area contributed by atoms with Gasteiger partial charge in [0, 0.05) is 0 Å². The second kappa shape index (κ2) is 8.52. The molecule has 0 saturated heterocycles. The third-order valence-electron chi connectivity index (χ3n) is 2.53. The van der Waals surface area contributed by atoms with Gasteiger partial charge >= 0.3 is 0 Å². The van der Waals surface area contributed by atoms with Crippen molar-refractivity contribution in [2.24, 2.45) is 5.92 Å². The van der Waals surface area contributed by atoms with E-state index in [2.05, 4.69) is 58.9 Å². The molecule has 1 aromatic rings. The lowest BCUT2D eigenvalue weighted by molar-refractivity contribution is 0.559. The minimum Gasteiger partial charge on any atom is -0.0656 e. The Balaban J connectivity index is 0.000000583. The summed E-state index contributed by atoms with van der Waals surface area (Å²) in [6, 6.07) is 8.67. The van der Waals surface area contributed by atoms with Crippen LogP contribution < -0.4 is 0 Å². The molecule has 0 aliphatic heterocycles. The fourth-order valence-corrected chi connectivity index (χ4v) is 1.36. The van der Waals surface area contributed by atoms with Crippen molar-refractivity contribution < 1.29 is 0 Å². The quantitative estimate of drug-likeness (QED) is 0.653. The summed E-state index contributed by atoms with van der Waals surface area (Å²) >= 11 is 0. The van der Waals surface area contributed by atoms with Crippen LogP contribution in [0.4, 0.5) is 0 Å². The zero-order chi connectivity index (χ0) is 11.7. The van der Waals surface area contributed by atoms with Crippen LogP contribution in [0.2, 0.25) is 0 Å². The molecule has 0 bridgehead atoms. The smallest absolute Gasteiger partial charge is 0.0250 e. The van der Waals surface area contributed by atoms with E-state index in [0.29, 0.717) is 0 Å². The van der Waals surface area contributed by atoms with Crippen LogP contribution in [0.3, 0.4) is 0 Å². The Morgan fingerprint density at radius 3 is 2.07 bits per heavy atom. The van der Waals surface area contributed by atoms with Crippen LogP contribution in [0.25, 0.3) is 0 Å². The molecule has 0 spiro atoms. The third kappa shape index (κ3) is 6.33. The molecule has 0 N–H and O–H groups in total. The van der Waals surface area contributed by atoms with E-state index in [9.17, 15) is 0 Å². The topological polar surface area (TPSA) is 0 Å². The van der Waals surface area contributed by atoms with Gasteiger partial charge in [-0.15, -0.1) is 0 Å². The Morgan fingerprint density at radius 2 is 1.60 bits per heavy atom. The van der Waals surface area contributed by atoms with Gasteiger partial charge in [0.15, 0.2) is 0 Å². The van der Waals surface area contributed by atoms with Crippen molar-refractivity contribution >= 4 is 0 Å². The van der Waals surface area contributed by atoms with Gasteiger partial charge in [0.25, 0.3) is 0 Å². The van der Waals surface area contributed by atoms with Gasteiger partial charge in [0.05, 0.1) is 0 Å². The van der Waals surface area contributed by atoms with Gasteiger partial charge in [0.1, 0.15) is 0 Å². The number of hydrogen-bond acceptors (Lipinski definition) is 0. The summed E-state index contributed by atoms with van der Waals surface area (Å²) in [4.78, 5) is 0. The molecule has 0 saturated carbocycles. The average molecular weight is 206 g/mol. The molecule has 0 radical (unpaired) electrons. The largest absolute Gasteiger partial charge is 0.0656 e. The number of aryl methyl sites for hydroxylation is 1. The Labute approximate surface area is 95.7 Å². The molecule has 0 amide bonds. The first kappa shape index (κ1) is 14.2. The van der Waals surface area contributed by atoms with E-state index in [0.717, 1.165) is 5.92 Å². The highest BCUT2D eigenvalue weighted by Gasteiger charge is 2.02. The maximum absolute atomic E-state index is 2.31. The van der Waals surface area contributed by atoms with Crippen LogP contribution in [0, 0.1) is 12.8 Å². The van der Waals surface area contributed by atoms with Crippen LogP contribution in [-0.2, 0) is 6.42 Å². The van der Waals surface area contributed by atoms with Crippen LogP contribution in [0.1, 0.15) is 51.7 Å². The molecule has 0 fully saturated rings. The summed E-state index contributed by atoms with van der Waals surface area (Å²) in [5.41, 5.74) is 2.93. The second-order valence-electron chi connectivity index (χ2n) is 4.35. The summed E-state index contributed by atoms with van der Waals surface area (Å²) in [7, 11) is 0. The van der Waals surface area contributed by atoms with E-state index in [1.54, 1.807) is 0 Å². The van der Waals surface area contributed by atoms with Crippen molar-refractivity contribution in [1.29, 1.82) is 0 Å². The Morgan fingerprint density at radius 1 is 1.07 bits per heavy atom. The van der Waals surface area contributed by atoms with E-state index in [4.69, 9.17) is 0 Å². The molecule has 86 valence electrons. The molecule has 0 heterocycles. The number of hydrogen-bond donors (Lipinski definition) is 0. The standard InChI is InChI=1S/C12H18.C3H8/c1-4-10(2)9-12-8-6-5-7-11(12)3;1-3-2/h5-8,10H,4,9H2,1-3H3;3H2,1-2H3. The molecule has 1 atom stereocenters. The predicted octanol–water partition coefficient (Wildman–Crippen LogP) is 5.00. The molecule has 15 heavy (non-hydrogen) atoms. The monoisotopic (exact) mass is 206 g/mol. The van der Waals surface area contributed by atoms with Crippen molar-refractivity contribution in [2.45, 2.75) is 53.9 Å². The van der Waals surface area contributed by atoms with Gasteiger partial charge in [0.2, 0.25) is 0 Å². The van der Waals surface area contributed by atoms with Crippen molar-refractivity contribution in [3.8, 4) is 0 Å². The summed E-state index contributed by atoms with van der Waals surface area (Å²) in [6.45, 7) is 11.0. The van der Waals surface area contributed by atoms with Crippen LogP contribution >= 0.6 is 0 Å². The maximum atomic E-state index is 2.31. The third-order valence-corrected chi connectivity index (χ3v) is 2.53. The highest BCUT2D eigenvalue weighted by Crippen LogP contribution is 2.14. The van der Waals surface area contributed by atoms with Crippen LogP contribution in [0.5, 0.6) is 0 Å². The van der Waals surface area contributed by atoms with E-state index in [1.807, 2.05) is 0 Å². The van der Waals surface area contributed by atoms with Crippen LogP contribution in [0.15, 0.2) is 24.3 Å². The van der Waals surface area contributed by atoms with E-state index in [1.165, 1.54) is 30.4 Å². The Hall–Kier alpha value is -0.780. The molecular weight excluding hydrogens is 180 g/mol. The molecule has 0 heteroatoms. The van der Waals surface area contributed by atoms with Gasteiger partial charge in [-0.25, -0.2) is 0 Å². The minimum atomic E-state index is 0.811. The van der Waals surface area contributed by atoms with E-state index < -0.39 is 0 Å². The first-order chi connectivity index (χ1) is 7.15. The molecule has 0 aliphatic rings. The lowest BCUT2D eigenvalue weighted by Gasteiger charge is -2.10. The zero-order valence-electron chi connectivity index (χ0n) is 11.0. The lowest BCUT2D eigenvalue weighted by Crippen LogP contribution is -1.99. The molecule has 0 nitrogen and oxygen atoms in total. The molecule has 1 rings (SSSR count). The summed E-state index contributed by atoms with van der Waals surface area (Å²) < 4.78 is 0. The SMILES string of the molecule is CCC.CCC(C)Cc1ccccc1C. The van der Waals surface area contributed by atoms with Crippen molar-refractivity contribution in [2.75, 3.05) is 0 Å². The minimum absolute atomic E-state index is 0.811. The predicted molar refractivity (Wildman–Crippen MR) is 70.3 cm³/mol. The maximum Gasteiger partial charge on any atom is -0.0250 e. The summed E-state index contributed by atoms with van der Waals surface area (Å²) in [5, 5.41) is 0. The van der Waals surface area contributed by atoms with E-state index >= 15 is 0 Å². The first-order valence-corrected chi connectivity index (χ1v) is 6.20. The van der Waals surface area contributed by atoms with Gasteiger partial charge < -0.3 is 0 Å². The first-order valence-electron chi connectivity index (χ1n) is 6.20. The fourth-order valence-electron chi connectivity index (χ4n) is 1.36. The fraction of sp³-hybridized carbons (Fsp3) is 0.600. The number of benzene rings is 1. The van der Waals surface area contributed by atoms with Gasteiger partial charge in [-0.1, -0.05) is 64.8 Å². The Bertz CT molecular complexity index is 250. The average Bonchev–Trinajstić information content (AvgIpc) is 2.22. The second-order valence-corrected chi connectivity index (χ2v) is 4.35. The van der Waals surface area contributed by atoms with Crippen molar-refractivity contribution in [1.82, 2.24) is 0 Å². The highest BCUT2D eigenvalue weighted by molar-refractivity contribution is 5.25.